The molecule has 0 radical (unpaired) electrons. The lowest BCUT2D eigenvalue weighted by molar-refractivity contribution is 0.708. The Morgan fingerprint density at radius 3 is 2.95 bits per heavy atom. The normalized spacial score (nSPS) is 10.8. The summed E-state index contributed by atoms with van der Waals surface area (Å²) >= 11 is 0. The van der Waals surface area contributed by atoms with Crippen molar-refractivity contribution in [2.75, 3.05) is 5.32 Å². The zero-order valence-corrected chi connectivity index (χ0v) is 12.1. The average Bonchev–Trinajstić information content (AvgIpc) is 3.17. The van der Waals surface area contributed by atoms with Crippen molar-refractivity contribution in [2.45, 2.75) is 26.9 Å². The van der Waals surface area contributed by atoms with Crippen molar-refractivity contribution in [1.29, 1.82) is 0 Å². The van der Waals surface area contributed by atoms with Crippen LogP contribution in [0.25, 0.3) is 5.69 Å². The molecule has 108 valence electrons. The molecule has 21 heavy (non-hydrogen) atoms. The van der Waals surface area contributed by atoms with Gasteiger partial charge >= 0.3 is 0 Å². The number of hydrogen-bond donors (Lipinski definition) is 1. The number of benzene rings is 1. The van der Waals surface area contributed by atoms with E-state index in [4.69, 9.17) is 0 Å². The Morgan fingerprint density at radius 2 is 2.19 bits per heavy atom. The van der Waals surface area contributed by atoms with Crippen molar-refractivity contribution in [3.05, 3.63) is 48.3 Å². The predicted molar refractivity (Wildman–Crippen MR) is 79.1 cm³/mol. The van der Waals surface area contributed by atoms with E-state index in [1.54, 1.807) is 11.0 Å². The van der Waals surface area contributed by atoms with Crippen LogP contribution in [0.15, 0.2) is 36.9 Å². The maximum Gasteiger partial charge on any atom is 0.143 e. The van der Waals surface area contributed by atoms with Crippen LogP contribution in [0, 0.1) is 6.92 Å². The Bertz CT molecular complexity index is 715. The molecule has 0 aliphatic rings. The summed E-state index contributed by atoms with van der Waals surface area (Å²) in [7, 11) is 0. The summed E-state index contributed by atoms with van der Waals surface area (Å²) in [6, 6.07) is 6.07. The van der Waals surface area contributed by atoms with Gasteiger partial charge in [-0.2, -0.15) is 0 Å². The van der Waals surface area contributed by atoms with Crippen molar-refractivity contribution in [3.8, 4) is 5.69 Å². The lowest BCUT2D eigenvalue weighted by atomic mass is 10.2. The average molecular weight is 283 g/mol. The summed E-state index contributed by atoms with van der Waals surface area (Å²) in [5, 5.41) is 14.7. The van der Waals surface area contributed by atoms with Crippen molar-refractivity contribution in [3.63, 3.8) is 0 Å². The molecular weight excluding hydrogens is 266 g/mol. The third kappa shape index (κ3) is 2.76. The largest absolute Gasteiger partial charge is 0.378 e. The molecule has 2 heterocycles. The molecule has 0 atom stereocenters. The van der Waals surface area contributed by atoms with E-state index in [1.165, 1.54) is 5.56 Å². The van der Waals surface area contributed by atoms with Gasteiger partial charge < -0.3 is 9.88 Å². The molecule has 1 aromatic carbocycles. The molecule has 1 N–H and O–H groups in total. The van der Waals surface area contributed by atoms with Crippen LogP contribution in [0.2, 0.25) is 0 Å². The molecule has 0 amide bonds. The monoisotopic (exact) mass is 283 g/mol. The lowest BCUT2D eigenvalue weighted by Crippen LogP contribution is -2.08. The second-order valence-corrected chi connectivity index (χ2v) is 4.74. The third-order valence-electron chi connectivity index (χ3n) is 3.41. The first kappa shape index (κ1) is 13.3. The van der Waals surface area contributed by atoms with Gasteiger partial charge in [-0.3, -0.25) is 0 Å². The number of anilines is 1. The Labute approximate surface area is 122 Å². The molecule has 3 rings (SSSR count). The van der Waals surface area contributed by atoms with Gasteiger partial charge in [-0.1, -0.05) is 6.07 Å². The fraction of sp³-hybridized carbons (Fsp3) is 0.286. The van der Waals surface area contributed by atoms with Crippen LogP contribution in [-0.4, -0.2) is 29.8 Å². The number of nitrogens with zero attached hydrogens (tertiary/aromatic N) is 6. The summed E-state index contributed by atoms with van der Waals surface area (Å²) in [5.41, 5.74) is 3.14. The number of imidazole rings is 1. The van der Waals surface area contributed by atoms with Crippen LogP contribution in [0.4, 0.5) is 5.69 Å². The smallest absolute Gasteiger partial charge is 0.143 e. The summed E-state index contributed by atoms with van der Waals surface area (Å²) in [6.07, 6.45) is 5.39. The molecule has 0 spiro atoms. The van der Waals surface area contributed by atoms with Crippen molar-refractivity contribution in [1.82, 2.24) is 29.8 Å². The number of aryl methyl sites for hydroxylation is 2. The Kier molecular flexibility index (Phi) is 3.63. The van der Waals surface area contributed by atoms with E-state index < -0.39 is 0 Å². The van der Waals surface area contributed by atoms with Crippen molar-refractivity contribution >= 4 is 5.69 Å². The standard InChI is InChI=1S/C14H17N7/c1-3-20-7-6-15-14(20)9-16-13-8-12(5-4-11(13)2)21-10-17-18-19-21/h4-8,10,16H,3,9H2,1-2H3. The quantitative estimate of drug-likeness (QED) is 0.773. The van der Waals surface area contributed by atoms with Gasteiger partial charge in [0.2, 0.25) is 0 Å². The highest BCUT2D eigenvalue weighted by atomic mass is 15.5. The summed E-state index contributed by atoms with van der Waals surface area (Å²) in [6.45, 7) is 5.77. The number of rotatable bonds is 5. The fourth-order valence-electron chi connectivity index (χ4n) is 2.19. The van der Waals surface area contributed by atoms with Gasteiger partial charge in [0.1, 0.15) is 12.2 Å². The molecule has 0 saturated carbocycles. The first-order chi connectivity index (χ1) is 10.3. The van der Waals surface area contributed by atoms with Crippen LogP contribution in [0.3, 0.4) is 0 Å². The minimum absolute atomic E-state index is 0.681. The minimum Gasteiger partial charge on any atom is -0.378 e. The Morgan fingerprint density at radius 1 is 1.29 bits per heavy atom. The van der Waals surface area contributed by atoms with Crippen LogP contribution >= 0.6 is 0 Å². The molecule has 0 fully saturated rings. The van der Waals surface area contributed by atoms with Crippen LogP contribution in [-0.2, 0) is 13.1 Å². The van der Waals surface area contributed by atoms with Crippen molar-refractivity contribution < 1.29 is 0 Å². The van der Waals surface area contributed by atoms with Gasteiger partial charge in [0.05, 0.1) is 12.2 Å². The highest BCUT2D eigenvalue weighted by Crippen LogP contribution is 2.19. The summed E-state index contributed by atoms with van der Waals surface area (Å²) in [4.78, 5) is 4.37. The van der Waals surface area contributed by atoms with Gasteiger partial charge in [-0.25, -0.2) is 9.67 Å². The van der Waals surface area contributed by atoms with E-state index in [2.05, 4.69) is 44.2 Å². The van der Waals surface area contributed by atoms with Crippen LogP contribution in [0.1, 0.15) is 18.3 Å². The molecule has 7 heteroatoms. The second-order valence-electron chi connectivity index (χ2n) is 4.74. The predicted octanol–water partition coefficient (Wildman–Crippen LogP) is 1.80. The van der Waals surface area contributed by atoms with Gasteiger partial charge in [0.25, 0.3) is 0 Å². The highest BCUT2D eigenvalue weighted by Gasteiger charge is 2.05. The first-order valence-electron chi connectivity index (χ1n) is 6.86. The number of nitrogens with one attached hydrogen (secondary N) is 1. The van der Waals surface area contributed by atoms with Gasteiger partial charge in [-0.05, 0) is 42.0 Å². The summed E-state index contributed by atoms with van der Waals surface area (Å²) in [5.74, 6) is 1.02. The fourth-order valence-corrected chi connectivity index (χ4v) is 2.19. The Balaban J connectivity index is 1.80. The van der Waals surface area contributed by atoms with Crippen LogP contribution in [0.5, 0.6) is 0 Å². The molecule has 7 nitrogen and oxygen atoms in total. The van der Waals surface area contributed by atoms with E-state index in [9.17, 15) is 0 Å². The maximum absolute atomic E-state index is 4.37. The second kappa shape index (κ2) is 5.74. The summed E-state index contributed by atoms with van der Waals surface area (Å²) < 4.78 is 3.76. The maximum atomic E-state index is 4.37. The molecule has 0 saturated heterocycles. The highest BCUT2D eigenvalue weighted by molar-refractivity contribution is 5.56. The van der Waals surface area contributed by atoms with Crippen molar-refractivity contribution in [2.24, 2.45) is 0 Å². The van der Waals surface area contributed by atoms with Gasteiger partial charge in [0, 0.05) is 24.6 Å². The van der Waals surface area contributed by atoms with E-state index in [0.29, 0.717) is 6.54 Å². The third-order valence-corrected chi connectivity index (χ3v) is 3.41. The van der Waals surface area contributed by atoms with E-state index >= 15 is 0 Å². The Hall–Kier alpha value is -2.70. The topological polar surface area (TPSA) is 73.5 Å². The van der Waals surface area contributed by atoms with E-state index in [0.717, 1.165) is 23.7 Å². The number of tetrazole rings is 1. The molecule has 0 aliphatic carbocycles. The number of aromatic nitrogens is 6. The van der Waals surface area contributed by atoms with E-state index in [1.807, 2.05) is 30.6 Å². The van der Waals surface area contributed by atoms with Gasteiger partial charge in [0.15, 0.2) is 0 Å². The molecule has 3 aromatic rings. The zero-order valence-electron chi connectivity index (χ0n) is 12.1. The van der Waals surface area contributed by atoms with Gasteiger partial charge in [-0.15, -0.1) is 5.10 Å². The molecular formula is C14H17N7. The zero-order chi connectivity index (χ0) is 14.7. The minimum atomic E-state index is 0.681. The number of hydrogen-bond acceptors (Lipinski definition) is 5. The molecule has 0 unspecified atom stereocenters. The SMILES string of the molecule is CCn1ccnc1CNc1cc(-n2cnnn2)ccc1C. The molecule has 2 aromatic heterocycles. The van der Waals surface area contributed by atoms with E-state index in [-0.39, 0.29) is 0 Å². The van der Waals surface area contributed by atoms with Crippen LogP contribution < -0.4 is 5.32 Å². The first-order valence-corrected chi connectivity index (χ1v) is 6.86. The molecule has 0 bridgehead atoms. The molecule has 0 aliphatic heterocycles. The lowest BCUT2D eigenvalue weighted by Gasteiger charge is -2.12.